The van der Waals surface area contributed by atoms with Gasteiger partial charge in [0.15, 0.2) is 6.23 Å². The molecule has 0 aromatic heterocycles. The second-order valence-corrected chi connectivity index (χ2v) is 10.5. The minimum atomic E-state index is -5.73. The molecule has 0 saturated carbocycles. The van der Waals surface area contributed by atoms with Crippen molar-refractivity contribution in [1.82, 2.24) is 10.2 Å². The topological polar surface area (TPSA) is 268 Å². The van der Waals surface area contributed by atoms with Crippen LogP contribution in [0.5, 0.6) is 0 Å². The Hall–Kier alpha value is -1.00. The van der Waals surface area contributed by atoms with Gasteiger partial charge in [0.05, 0.1) is 6.61 Å². The Morgan fingerprint density at radius 3 is 2.32 bits per heavy atom. The van der Waals surface area contributed by atoms with E-state index in [1.54, 1.807) is 0 Å². The molecule has 0 bridgehead atoms. The van der Waals surface area contributed by atoms with E-state index >= 15 is 0 Å². The molecule has 1 fully saturated rings. The predicted octanol–water partition coefficient (Wildman–Crippen LogP) is -1.84. The summed E-state index contributed by atoms with van der Waals surface area (Å²) in [5.41, 5.74) is 6.00. The summed E-state index contributed by atoms with van der Waals surface area (Å²) in [7, 11) is -16.8. The Morgan fingerprint density at radius 1 is 1.16 bits per heavy atom. The highest BCUT2D eigenvalue weighted by atomic mass is 31.3. The number of nitrogens with one attached hydrogen (secondary N) is 1. The number of urea groups is 1. The van der Waals surface area contributed by atoms with Gasteiger partial charge >= 0.3 is 29.5 Å². The summed E-state index contributed by atoms with van der Waals surface area (Å²) in [5, 5.41) is 22.6. The van der Waals surface area contributed by atoms with Crippen LogP contribution < -0.4 is 11.1 Å². The zero-order valence-electron chi connectivity index (χ0n) is 15.3. The maximum atomic E-state index is 12.1. The zero-order valence-corrected chi connectivity index (χ0v) is 18.0. The first-order valence-corrected chi connectivity index (χ1v) is 12.6. The number of hydrogen-bond acceptors (Lipinski definition) is 11. The molecule has 0 aliphatic carbocycles. The van der Waals surface area contributed by atoms with E-state index in [-0.39, 0.29) is 0 Å². The lowest BCUT2D eigenvalue weighted by Gasteiger charge is -2.33. The summed E-state index contributed by atoms with van der Waals surface area (Å²) >= 11 is 0. The lowest BCUT2D eigenvalue weighted by Crippen LogP contribution is -2.56. The molecule has 0 aromatic carbocycles. The predicted molar refractivity (Wildman–Crippen MR) is 97.1 cm³/mol. The Balaban J connectivity index is 2.05. The quantitative estimate of drug-likeness (QED) is 0.158. The second-order valence-electron chi connectivity index (χ2n) is 6.10. The molecule has 2 aliphatic heterocycles. The van der Waals surface area contributed by atoms with Crippen molar-refractivity contribution < 1.29 is 66.2 Å². The average molecular weight is 511 g/mol. The number of phosphoric ester groups is 1. The second kappa shape index (κ2) is 9.47. The Morgan fingerprint density at radius 2 is 1.77 bits per heavy atom. The number of carbonyl (C=O) groups is 1. The van der Waals surface area contributed by atoms with Crippen molar-refractivity contribution in [3.05, 3.63) is 24.4 Å². The molecule has 9 N–H and O–H groups in total. The van der Waals surface area contributed by atoms with Crippen LogP contribution >= 0.6 is 23.5 Å². The van der Waals surface area contributed by atoms with E-state index in [0.29, 0.717) is 5.57 Å². The van der Waals surface area contributed by atoms with Gasteiger partial charge in [-0.25, -0.2) is 18.5 Å². The lowest BCUT2D eigenvalue weighted by atomic mass is 10.1. The van der Waals surface area contributed by atoms with Crippen LogP contribution in [-0.4, -0.2) is 78.0 Å². The molecule has 7 unspecified atom stereocenters. The molecule has 2 aliphatic rings. The van der Waals surface area contributed by atoms with Gasteiger partial charge < -0.3 is 45.6 Å². The first kappa shape index (κ1) is 26.3. The number of nitrogens with zero attached hydrogens (tertiary/aromatic N) is 1. The van der Waals surface area contributed by atoms with Crippen molar-refractivity contribution in [3.8, 4) is 0 Å². The van der Waals surface area contributed by atoms with Crippen LogP contribution in [0, 0.1) is 0 Å². The minimum absolute atomic E-state index is 0.335. The van der Waals surface area contributed by atoms with E-state index in [0.717, 1.165) is 4.90 Å². The standard InChI is InChI=1S/C11H20N3O14P3/c1-2-5-3-14(11(17)13-9(5)12)10-8(16)7(15)6(26-10)4-25-30(21,22)28-31(23,24)27-29(18,19)20/h2-3,6-10,15-16H,1,4,12H2,(H,13,17)(H,21,22)(H,23,24)(H2,18,19,20). The molecule has 2 amide bonds. The SMILES string of the molecule is C=CC1=CN(C2OC(COP(=O)(O)OP(=O)(O)OP(=O)(O)O)C(O)C2O)C(=O)NC1N. The summed E-state index contributed by atoms with van der Waals surface area (Å²) in [6.07, 6.45) is -4.89. The van der Waals surface area contributed by atoms with Gasteiger partial charge in [0, 0.05) is 11.8 Å². The van der Waals surface area contributed by atoms with Crippen LogP contribution in [-0.2, 0) is 31.6 Å². The van der Waals surface area contributed by atoms with Crippen molar-refractivity contribution in [2.24, 2.45) is 5.73 Å². The van der Waals surface area contributed by atoms with Gasteiger partial charge in [-0.05, 0) is 0 Å². The minimum Gasteiger partial charge on any atom is -0.387 e. The highest BCUT2D eigenvalue weighted by Crippen LogP contribution is 2.66. The van der Waals surface area contributed by atoms with E-state index in [9.17, 15) is 33.6 Å². The largest absolute Gasteiger partial charge is 0.490 e. The van der Waals surface area contributed by atoms with Gasteiger partial charge in [-0.2, -0.15) is 8.62 Å². The number of aliphatic hydroxyl groups excluding tert-OH is 2. The number of hydrogen-bond donors (Lipinski definition) is 8. The normalized spacial score (nSPS) is 33.3. The molecule has 17 nitrogen and oxygen atoms in total. The van der Waals surface area contributed by atoms with Gasteiger partial charge in [0.2, 0.25) is 0 Å². The van der Waals surface area contributed by atoms with Gasteiger partial charge in [-0.15, -0.1) is 0 Å². The fourth-order valence-electron chi connectivity index (χ4n) is 2.53. The third-order valence-electron chi connectivity index (χ3n) is 3.83. The maximum absolute atomic E-state index is 12.1. The lowest BCUT2D eigenvalue weighted by molar-refractivity contribution is -0.0656. The van der Waals surface area contributed by atoms with Crippen LogP contribution in [0.25, 0.3) is 0 Å². The van der Waals surface area contributed by atoms with Crippen molar-refractivity contribution in [2.75, 3.05) is 6.61 Å². The summed E-state index contributed by atoms with van der Waals surface area (Å²) in [4.78, 5) is 48.4. The molecule has 178 valence electrons. The fourth-order valence-corrected chi connectivity index (χ4v) is 5.56. The summed E-state index contributed by atoms with van der Waals surface area (Å²) in [5.74, 6) is 0. The highest BCUT2D eigenvalue weighted by Gasteiger charge is 2.49. The Labute approximate surface area is 174 Å². The molecular formula is C11H20N3O14P3. The fraction of sp³-hybridized carbons (Fsp3) is 0.545. The molecule has 0 aromatic rings. The number of nitrogens with two attached hydrogens (primary N) is 1. The first-order chi connectivity index (χ1) is 14.1. The van der Waals surface area contributed by atoms with Crippen molar-refractivity contribution in [1.29, 1.82) is 0 Å². The van der Waals surface area contributed by atoms with Crippen molar-refractivity contribution in [3.63, 3.8) is 0 Å². The number of aliphatic hydroxyl groups is 2. The van der Waals surface area contributed by atoms with Gasteiger partial charge in [0.25, 0.3) is 0 Å². The molecule has 2 heterocycles. The summed E-state index contributed by atoms with van der Waals surface area (Å²) in [6, 6.07) is -0.803. The van der Waals surface area contributed by atoms with Gasteiger partial charge in [-0.1, -0.05) is 12.7 Å². The van der Waals surface area contributed by atoms with Gasteiger partial charge in [0.1, 0.15) is 24.5 Å². The number of carbonyl (C=O) groups excluding carboxylic acids is 1. The molecular weight excluding hydrogens is 491 g/mol. The molecule has 0 spiro atoms. The third-order valence-corrected chi connectivity index (χ3v) is 7.63. The molecule has 31 heavy (non-hydrogen) atoms. The summed E-state index contributed by atoms with van der Waals surface area (Å²) in [6.45, 7) is 2.48. The van der Waals surface area contributed by atoms with E-state index in [4.69, 9.17) is 25.2 Å². The summed E-state index contributed by atoms with van der Waals surface area (Å²) < 4.78 is 50.4. The molecule has 0 radical (unpaired) electrons. The van der Waals surface area contributed by atoms with Crippen LogP contribution in [0.2, 0.25) is 0 Å². The molecule has 7 atom stereocenters. The molecule has 20 heteroatoms. The highest BCUT2D eigenvalue weighted by molar-refractivity contribution is 7.66. The van der Waals surface area contributed by atoms with Gasteiger partial charge in [-0.3, -0.25) is 9.42 Å². The van der Waals surface area contributed by atoms with Crippen LogP contribution in [0.4, 0.5) is 4.79 Å². The number of ether oxygens (including phenoxy) is 1. The number of amides is 2. The monoisotopic (exact) mass is 511 g/mol. The van der Waals surface area contributed by atoms with Crippen LogP contribution in [0.15, 0.2) is 24.4 Å². The first-order valence-electron chi connectivity index (χ1n) is 8.04. The smallest absolute Gasteiger partial charge is 0.387 e. The van der Waals surface area contributed by atoms with E-state index in [1.807, 2.05) is 0 Å². The van der Waals surface area contributed by atoms with Crippen molar-refractivity contribution in [2.45, 2.75) is 30.7 Å². The van der Waals surface area contributed by atoms with Crippen molar-refractivity contribution >= 4 is 29.5 Å². The Bertz CT molecular complexity index is 890. The molecule has 2 rings (SSSR count). The van der Waals surface area contributed by atoms with Crippen LogP contribution in [0.3, 0.4) is 0 Å². The van der Waals surface area contributed by atoms with E-state index < -0.39 is 66.8 Å². The van der Waals surface area contributed by atoms with E-state index in [2.05, 4.69) is 25.0 Å². The Kier molecular flexibility index (Phi) is 8.02. The number of phosphoric acid groups is 3. The average Bonchev–Trinajstić information content (AvgIpc) is 2.85. The third kappa shape index (κ3) is 6.99. The zero-order chi connectivity index (χ0) is 23.8. The maximum Gasteiger partial charge on any atom is 0.490 e. The van der Waals surface area contributed by atoms with Crippen LogP contribution in [0.1, 0.15) is 0 Å². The number of rotatable bonds is 9. The van der Waals surface area contributed by atoms with E-state index in [1.165, 1.54) is 12.3 Å². The molecule has 1 saturated heterocycles.